The van der Waals surface area contributed by atoms with Crippen molar-refractivity contribution >= 4 is 5.71 Å². The van der Waals surface area contributed by atoms with Gasteiger partial charge in [0.2, 0.25) is 0 Å². The van der Waals surface area contributed by atoms with Crippen molar-refractivity contribution in [1.82, 2.24) is 0 Å². The molecule has 4 aliphatic carbocycles. The Balaban J connectivity index is 1.71. The second-order valence-electron chi connectivity index (χ2n) is 9.34. The Morgan fingerprint density at radius 2 is 1.84 bits per heavy atom. The molecule has 0 saturated heterocycles. The summed E-state index contributed by atoms with van der Waals surface area (Å²) in [6.45, 7) is 6.63. The van der Waals surface area contributed by atoms with Crippen LogP contribution in [0.2, 0.25) is 0 Å². The lowest BCUT2D eigenvalue weighted by molar-refractivity contribution is -0.0438. The van der Waals surface area contributed by atoms with Crippen LogP contribution in [0.1, 0.15) is 59.3 Å². The Bertz CT molecular complexity index is 666. The first kappa shape index (κ1) is 17.3. The molecule has 0 amide bonds. The lowest BCUT2D eigenvalue weighted by Crippen LogP contribution is -2.49. The van der Waals surface area contributed by atoms with E-state index in [4.69, 9.17) is 0 Å². The third-order valence-electron chi connectivity index (χ3n) is 8.26. The monoisotopic (exact) mass is 345 g/mol. The molecule has 138 valence electrons. The van der Waals surface area contributed by atoms with Crippen LogP contribution in [0.4, 0.5) is 0 Å². The van der Waals surface area contributed by atoms with E-state index in [1.807, 2.05) is 6.92 Å². The molecule has 0 aromatic heterocycles. The lowest BCUT2D eigenvalue weighted by Gasteiger charge is -2.55. The Kier molecular flexibility index (Phi) is 3.93. The van der Waals surface area contributed by atoms with Crippen molar-refractivity contribution in [3.8, 4) is 0 Å². The molecule has 3 N–H and O–H groups in total. The molecule has 3 fully saturated rings. The highest BCUT2D eigenvalue weighted by Crippen LogP contribution is 2.65. The van der Waals surface area contributed by atoms with Gasteiger partial charge < -0.3 is 15.4 Å². The molecule has 25 heavy (non-hydrogen) atoms. The zero-order valence-electron chi connectivity index (χ0n) is 15.6. The van der Waals surface area contributed by atoms with Gasteiger partial charge >= 0.3 is 0 Å². The molecule has 0 heterocycles. The Hall–Kier alpha value is -1.13. The van der Waals surface area contributed by atoms with Crippen LogP contribution >= 0.6 is 0 Å². The summed E-state index contributed by atoms with van der Waals surface area (Å²) in [6.07, 6.45) is 9.07. The fourth-order valence-corrected chi connectivity index (χ4v) is 6.79. The Morgan fingerprint density at radius 3 is 2.56 bits per heavy atom. The second kappa shape index (κ2) is 5.68. The molecule has 0 bridgehead atoms. The summed E-state index contributed by atoms with van der Waals surface area (Å²) in [6, 6.07) is 0. The minimum absolute atomic E-state index is 0.0255. The fraction of sp³-hybridized carbons (Fsp3) is 0.762. The highest BCUT2D eigenvalue weighted by atomic mass is 16.4. The third kappa shape index (κ3) is 2.30. The second-order valence-corrected chi connectivity index (χ2v) is 9.34. The van der Waals surface area contributed by atoms with Crippen LogP contribution in [-0.2, 0) is 0 Å². The van der Waals surface area contributed by atoms with E-state index >= 15 is 0 Å². The molecule has 4 aliphatic rings. The van der Waals surface area contributed by atoms with Crippen LogP contribution in [0, 0.1) is 28.6 Å². The van der Waals surface area contributed by atoms with E-state index in [9.17, 15) is 15.4 Å². The first-order valence-corrected chi connectivity index (χ1v) is 9.77. The molecule has 0 radical (unpaired) electrons. The molecule has 4 rings (SSSR count). The standard InChI is InChI=1S/C21H31NO3/c1-12(22-25)15-6-7-16-14-5-4-13-10-18(23)19(24)11-21(13,3)17(14)8-9-20(15,16)2/h4-5,15-19,23-25H,6-11H2,1-3H3/t15-,16+,17+,18?,19?,20-,21+/m1/s1. The quantitative estimate of drug-likeness (QED) is 0.386. The molecule has 0 spiro atoms. The van der Waals surface area contributed by atoms with Gasteiger partial charge in [-0.1, -0.05) is 42.3 Å². The molecule has 0 aliphatic heterocycles. The van der Waals surface area contributed by atoms with Crippen molar-refractivity contribution in [2.24, 2.45) is 33.7 Å². The van der Waals surface area contributed by atoms with Crippen molar-refractivity contribution in [3.63, 3.8) is 0 Å². The van der Waals surface area contributed by atoms with E-state index in [1.165, 1.54) is 11.1 Å². The molecular formula is C21H31NO3. The Labute approximate surface area is 150 Å². The van der Waals surface area contributed by atoms with E-state index in [1.54, 1.807) is 0 Å². The number of oxime groups is 1. The highest BCUT2D eigenvalue weighted by molar-refractivity contribution is 5.85. The smallest absolute Gasteiger partial charge is 0.0836 e. The molecular weight excluding hydrogens is 314 g/mol. The van der Waals surface area contributed by atoms with Gasteiger partial charge in [-0.3, -0.25) is 0 Å². The molecule has 2 unspecified atom stereocenters. The average molecular weight is 345 g/mol. The number of allylic oxidation sites excluding steroid dienone is 3. The van der Waals surface area contributed by atoms with E-state index in [2.05, 4.69) is 31.2 Å². The van der Waals surface area contributed by atoms with Crippen LogP contribution in [0.3, 0.4) is 0 Å². The zero-order chi connectivity index (χ0) is 18.0. The molecule has 4 heteroatoms. The Morgan fingerprint density at radius 1 is 1.08 bits per heavy atom. The number of hydrogen-bond acceptors (Lipinski definition) is 4. The van der Waals surface area contributed by atoms with Crippen molar-refractivity contribution in [2.45, 2.75) is 71.5 Å². The van der Waals surface area contributed by atoms with Crippen molar-refractivity contribution in [1.29, 1.82) is 0 Å². The van der Waals surface area contributed by atoms with Crippen LogP contribution in [-0.4, -0.2) is 33.3 Å². The topological polar surface area (TPSA) is 73.1 Å². The molecule has 4 nitrogen and oxygen atoms in total. The summed E-state index contributed by atoms with van der Waals surface area (Å²) >= 11 is 0. The summed E-state index contributed by atoms with van der Waals surface area (Å²) < 4.78 is 0. The average Bonchev–Trinajstić information content (AvgIpc) is 2.93. The normalized spacial score (nSPS) is 49.6. The van der Waals surface area contributed by atoms with E-state index in [-0.39, 0.29) is 10.8 Å². The fourth-order valence-electron chi connectivity index (χ4n) is 6.79. The van der Waals surface area contributed by atoms with Gasteiger partial charge in [-0.15, -0.1) is 0 Å². The molecule has 0 aromatic carbocycles. The van der Waals surface area contributed by atoms with Crippen LogP contribution in [0.15, 0.2) is 28.5 Å². The van der Waals surface area contributed by atoms with E-state index in [0.29, 0.717) is 30.6 Å². The van der Waals surface area contributed by atoms with Gasteiger partial charge in [-0.25, -0.2) is 0 Å². The molecule has 0 aromatic rings. The predicted octanol–water partition coefficient (Wildman–Crippen LogP) is 3.67. The minimum Gasteiger partial charge on any atom is -0.411 e. The zero-order valence-corrected chi connectivity index (χ0v) is 15.6. The summed E-state index contributed by atoms with van der Waals surface area (Å²) in [7, 11) is 0. The van der Waals surface area contributed by atoms with Gasteiger partial charge in [0.25, 0.3) is 0 Å². The van der Waals surface area contributed by atoms with Gasteiger partial charge in [-0.05, 0) is 68.1 Å². The number of nitrogens with zero attached hydrogens (tertiary/aromatic N) is 1. The number of aliphatic hydroxyl groups excluding tert-OH is 2. The van der Waals surface area contributed by atoms with Gasteiger partial charge in [-0.2, -0.15) is 0 Å². The largest absolute Gasteiger partial charge is 0.411 e. The van der Waals surface area contributed by atoms with Crippen LogP contribution in [0.5, 0.6) is 0 Å². The molecule has 7 atom stereocenters. The first-order valence-electron chi connectivity index (χ1n) is 9.77. The summed E-state index contributed by atoms with van der Waals surface area (Å²) in [5.41, 5.74) is 3.87. The van der Waals surface area contributed by atoms with E-state index in [0.717, 1.165) is 31.4 Å². The lowest BCUT2D eigenvalue weighted by atomic mass is 9.50. The maximum atomic E-state index is 10.3. The van der Waals surface area contributed by atoms with E-state index < -0.39 is 12.2 Å². The number of aliphatic hydroxyl groups is 2. The van der Waals surface area contributed by atoms with Gasteiger partial charge in [0.1, 0.15) is 0 Å². The molecule has 3 saturated carbocycles. The third-order valence-corrected chi connectivity index (χ3v) is 8.26. The first-order chi connectivity index (χ1) is 11.8. The van der Waals surface area contributed by atoms with Crippen LogP contribution in [0.25, 0.3) is 0 Å². The number of fused-ring (bicyclic) bond motifs is 5. The summed E-state index contributed by atoms with van der Waals surface area (Å²) in [4.78, 5) is 0. The maximum absolute atomic E-state index is 10.3. The number of hydrogen-bond donors (Lipinski definition) is 3. The van der Waals surface area contributed by atoms with Crippen molar-refractivity contribution in [2.75, 3.05) is 0 Å². The van der Waals surface area contributed by atoms with Crippen molar-refractivity contribution in [3.05, 3.63) is 23.3 Å². The minimum atomic E-state index is -0.623. The van der Waals surface area contributed by atoms with Crippen molar-refractivity contribution < 1.29 is 15.4 Å². The SMILES string of the molecule is CC(=NO)[C@H]1CC[C@H]2C3=CC=C4CC(O)C(O)C[C@]4(C)[C@H]3CC[C@]12C. The maximum Gasteiger partial charge on any atom is 0.0836 e. The van der Waals surface area contributed by atoms with Crippen LogP contribution < -0.4 is 0 Å². The number of rotatable bonds is 1. The summed E-state index contributed by atoms with van der Waals surface area (Å²) in [5.74, 6) is 1.37. The van der Waals surface area contributed by atoms with Gasteiger partial charge in [0.15, 0.2) is 0 Å². The summed E-state index contributed by atoms with van der Waals surface area (Å²) in [5, 5.41) is 33.2. The highest BCUT2D eigenvalue weighted by Gasteiger charge is 2.57. The predicted molar refractivity (Wildman–Crippen MR) is 97.5 cm³/mol. The van der Waals surface area contributed by atoms with Gasteiger partial charge in [0, 0.05) is 5.92 Å². The van der Waals surface area contributed by atoms with Gasteiger partial charge in [0.05, 0.1) is 17.9 Å².